The average Bonchev–Trinajstić information content (AvgIpc) is 3.85. The van der Waals surface area contributed by atoms with Crippen molar-refractivity contribution in [3.63, 3.8) is 0 Å². The molecule has 3 fully saturated rings. The second kappa shape index (κ2) is 15.0. The first-order valence-corrected chi connectivity index (χ1v) is 20.7. The fraction of sp³-hybridized carbons (Fsp3) is 0.395. The van der Waals surface area contributed by atoms with Crippen molar-refractivity contribution in [1.29, 1.82) is 5.26 Å². The Morgan fingerprint density at radius 2 is 1.79 bits per heavy atom. The van der Waals surface area contributed by atoms with E-state index in [0.29, 0.717) is 22.0 Å². The zero-order chi connectivity index (χ0) is 39.3. The number of aliphatic imine (C=N–C) groups is 1. The number of ether oxygens (including phenoxy) is 1. The van der Waals surface area contributed by atoms with Crippen LogP contribution in [0.15, 0.2) is 53.7 Å². The number of nitrogens with zero attached hydrogens (tertiary/aromatic N) is 9. The van der Waals surface area contributed by atoms with Crippen molar-refractivity contribution in [2.75, 3.05) is 18.0 Å². The van der Waals surface area contributed by atoms with E-state index >= 15 is 0 Å². The Bertz CT molecular complexity index is 2490. The predicted molar refractivity (Wildman–Crippen MR) is 218 cm³/mol. The van der Waals surface area contributed by atoms with Crippen LogP contribution in [0.4, 0.5) is 5.82 Å². The highest BCUT2D eigenvalue weighted by Crippen LogP contribution is 2.53. The van der Waals surface area contributed by atoms with Crippen molar-refractivity contribution >= 4 is 40.4 Å². The summed E-state index contributed by atoms with van der Waals surface area (Å²) in [4.78, 5) is 26.6. The number of carbonyl (C=O) groups is 1. The number of anilines is 1. The molecule has 0 unspecified atom stereocenters. The molecule has 9 rings (SSSR count). The fourth-order valence-electron chi connectivity index (χ4n) is 8.02. The third-order valence-electron chi connectivity index (χ3n) is 11.6. The quantitative estimate of drug-likeness (QED) is 0.176. The van der Waals surface area contributed by atoms with Crippen LogP contribution in [0.25, 0.3) is 5.00 Å². The van der Waals surface area contributed by atoms with Gasteiger partial charge in [0.15, 0.2) is 17.3 Å². The van der Waals surface area contributed by atoms with Gasteiger partial charge in [0.1, 0.15) is 33.9 Å². The van der Waals surface area contributed by atoms with Gasteiger partial charge in [-0.15, -0.1) is 31.7 Å². The van der Waals surface area contributed by atoms with Gasteiger partial charge >= 0.3 is 0 Å². The number of hydrogen-bond donors (Lipinski definition) is 1. The molecule has 1 amide bonds. The molecule has 288 valence electrons. The lowest BCUT2D eigenvalue weighted by molar-refractivity contribution is 0.0888. The van der Waals surface area contributed by atoms with Crippen LogP contribution in [-0.4, -0.2) is 66.8 Å². The summed E-state index contributed by atoms with van der Waals surface area (Å²) in [5.41, 5.74) is 5.50. The highest BCUT2D eigenvalue weighted by atomic mass is 35.5. The summed E-state index contributed by atoms with van der Waals surface area (Å²) in [6, 6.07) is 15.0. The van der Waals surface area contributed by atoms with E-state index in [2.05, 4.69) is 73.0 Å². The summed E-state index contributed by atoms with van der Waals surface area (Å²) < 4.78 is 8.30. The van der Waals surface area contributed by atoms with Crippen molar-refractivity contribution < 1.29 is 9.53 Å². The third-order valence-corrected chi connectivity index (χ3v) is 13.1. The average molecular weight is 797 g/mol. The summed E-state index contributed by atoms with van der Waals surface area (Å²) in [7, 11) is 0. The van der Waals surface area contributed by atoms with E-state index in [-0.39, 0.29) is 29.5 Å². The minimum absolute atomic E-state index is 0.0298. The van der Waals surface area contributed by atoms with Gasteiger partial charge in [-0.2, -0.15) is 5.26 Å². The first-order valence-electron chi connectivity index (χ1n) is 19.5. The third kappa shape index (κ3) is 7.26. The van der Waals surface area contributed by atoms with Crippen molar-refractivity contribution in [3.05, 3.63) is 104 Å². The van der Waals surface area contributed by atoms with Crippen LogP contribution in [0, 0.1) is 49.9 Å². The highest BCUT2D eigenvalue weighted by molar-refractivity contribution is 7.15. The standard InChI is InChI=1S/C43H41ClN10O2S/c1-25-26(2)57-41-38(25)39(48-43(18-19-43)42-52-49-27(3)54(41)42)30-5-8-31(46-24-30)7-4-28-16-20-53(21-17-28)37-15-14-36(50-51-37)40(55)47-32-9-12-33(13-10-32)56-34-11-6-29(23-45)35(44)22-34/h5-6,8,11,14-15,22,24,28,32-33H,9-10,12-13,16-21H2,1-3H3,(H,47,55). The zero-order valence-corrected chi connectivity index (χ0v) is 33.6. The van der Waals surface area contributed by atoms with Crippen LogP contribution < -0.4 is 15.0 Å². The van der Waals surface area contributed by atoms with Gasteiger partial charge in [0.2, 0.25) is 0 Å². The molecule has 1 aromatic carbocycles. The summed E-state index contributed by atoms with van der Waals surface area (Å²) in [6.45, 7) is 7.97. The Kier molecular flexibility index (Phi) is 9.75. The van der Waals surface area contributed by atoms with Gasteiger partial charge in [0, 0.05) is 53.3 Å². The molecule has 1 spiro atoms. The lowest BCUT2D eigenvalue weighted by Gasteiger charge is -2.30. The SMILES string of the molecule is Cc1sc2c(c1C)C(c1ccc(C#CC3CCN(c4ccc(C(=O)NC5CCC(Oc6ccc(C#N)c(Cl)c6)CC5)nn4)CC3)nc1)=NC1(CC1)c1nnc(C)n1-2. The van der Waals surface area contributed by atoms with Crippen molar-refractivity contribution in [1.82, 2.24) is 35.3 Å². The number of nitriles is 1. The molecule has 12 nitrogen and oxygen atoms in total. The van der Waals surface area contributed by atoms with Gasteiger partial charge in [0.25, 0.3) is 5.91 Å². The first-order chi connectivity index (χ1) is 27.7. The van der Waals surface area contributed by atoms with Crippen LogP contribution >= 0.6 is 22.9 Å². The highest BCUT2D eigenvalue weighted by Gasteiger charge is 2.51. The summed E-state index contributed by atoms with van der Waals surface area (Å²) >= 11 is 7.93. The molecule has 57 heavy (non-hydrogen) atoms. The maximum Gasteiger partial charge on any atom is 0.272 e. The topological polar surface area (TPSA) is 147 Å². The molecule has 0 radical (unpaired) electrons. The molecule has 2 saturated carbocycles. The minimum atomic E-state index is -0.325. The Morgan fingerprint density at radius 1 is 0.982 bits per heavy atom. The van der Waals surface area contributed by atoms with Crippen LogP contribution in [0.1, 0.15) is 106 Å². The van der Waals surface area contributed by atoms with Crippen LogP contribution in [0.2, 0.25) is 5.02 Å². The predicted octanol–water partition coefficient (Wildman–Crippen LogP) is 7.19. The van der Waals surface area contributed by atoms with Crippen LogP contribution in [-0.2, 0) is 5.54 Å². The number of piperidine rings is 1. The van der Waals surface area contributed by atoms with Crippen molar-refractivity contribution in [3.8, 4) is 28.7 Å². The maximum atomic E-state index is 13.0. The van der Waals surface area contributed by atoms with Gasteiger partial charge in [-0.05, 0) is 120 Å². The summed E-state index contributed by atoms with van der Waals surface area (Å²) in [5, 5.41) is 31.4. The normalized spacial score (nSPS) is 19.6. The molecule has 4 aliphatic rings. The van der Waals surface area contributed by atoms with E-state index in [9.17, 15) is 4.79 Å². The molecule has 5 aromatic rings. The molecule has 0 bridgehead atoms. The molecular weight excluding hydrogens is 756 g/mol. The van der Waals surface area contributed by atoms with Gasteiger partial charge in [-0.25, -0.2) is 4.98 Å². The first kappa shape index (κ1) is 37.0. The number of aryl methyl sites for hydroxylation is 2. The van der Waals surface area contributed by atoms with Crippen molar-refractivity contribution in [2.24, 2.45) is 10.9 Å². The van der Waals surface area contributed by atoms with E-state index in [0.717, 1.165) is 109 Å². The number of thiophene rings is 1. The Labute approximate surface area is 340 Å². The number of carbonyl (C=O) groups excluding carboxylic acids is 1. The maximum absolute atomic E-state index is 13.0. The molecule has 2 aliphatic heterocycles. The lowest BCUT2D eigenvalue weighted by atomic mass is 9.93. The molecule has 2 aliphatic carbocycles. The second-order valence-electron chi connectivity index (χ2n) is 15.4. The number of benzene rings is 1. The molecule has 1 N–H and O–H groups in total. The lowest BCUT2D eigenvalue weighted by Crippen LogP contribution is -2.40. The minimum Gasteiger partial charge on any atom is -0.490 e. The van der Waals surface area contributed by atoms with Gasteiger partial charge in [0.05, 0.1) is 22.4 Å². The number of nitrogens with one attached hydrogen (secondary N) is 1. The fourth-order valence-corrected chi connectivity index (χ4v) is 9.44. The van der Waals surface area contributed by atoms with Gasteiger partial charge in [-0.1, -0.05) is 17.5 Å². The molecule has 0 atom stereocenters. The number of aromatic nitrogens is 6. The number of amides is 1. The van der Waals surface area contributed by atoms with Gasteiger partial charge in [-0.3, -0.25) is 14.4 Å². The largest absolute Gasteiger partial charge is 0.490 e. The summed E-state index contributed by atoms with van der Waals surface area (Å²) in [5.74, 6) is 10.1. The monoisotopic (exact) mass is 796 g/mol. The molecule has 6 heterocycles. The Hall–Kier alpha value is -5.63. The van der Waals surface area contributed by atoms with Crippen molar-refractivity contribution in [2.45, 2.75) is 89.8 Å². The molecular formula is C43H41ClN10O2S. The van der Waals surface area contributed by atoms with E-state index < -0.39 is 0 Å². The number of rotatable bonds is 6. The van der Waals surface area contributed by atoms with Crippen LogP contribution in [0.5, 0.6) is 5.75 Å². The van der Waals surface area contributed by atoms with E-state index in [4.69, 9.17) is 31.6 Å². The number of halogens is 1. The molecule has 4 aromatic heterocycles. The Morgan fingerprint density at radius 3 is 2.47 bits per heavy atom. The number of hydrogen-bond acceptors (Lipinski definition) is 11. The number of pyridine rings is 1. The van der Waals surface area contributed by atoms with E-state index in [1.54, 1.807) is 35.6 Å². The smallest absolute Gasteiger partial charge is 0.272 e. The molecule has 1 saturated heterocycles. The van der Waals surface area contributed by atoms with Crippen LogP contribution in [0.3, 0.4) is 0 Å². The van der Waals surface area contributed by atoms with E-state index in [1.165, 1.54) is 10.4 Å². The summed E-state index contributed by atoms with van der Waals surface area (Å²) in [6.07, 6.45) is 8.87. The van der Waals surface area contributed by atoms with Gasteiger partial charge < -0.3 is 15.0 Å². The second-order valence-corrected chi connectivity index (χ2v) is 17.0. The van der Waals surface area contributed by atoms with E-state index in [1.807, 2.05) is 25.3 Å². The Balaban J connectivity index is 0.772. The molecule has 14 heteroatoms. The zero-order valence-electron chi connectivity index (χ0n) is 32.0. The number of fused-ring (bicyclic) bond motifs is 4.